The fourth-order valence-electron chi connectivity index (χ4n) is 2.46. The predicted molar refractivity (Wildman–Crippen MR) is 72.2 cm³/mol. The molecule has 4 nitrogen and oxygen atoms in total. The molecule has 1 heterocycles. The summed E-state index contributed by atoms with van der Waals surface area (Å²) in [4.78, 5) is 2.43. The zero-order valence-electron chi connectivity index (χ0n) is 11.7. The van der Waals surface area contributed by atoms with E-state index in [9.17, 15) is 0 Å². The highest BCUT2D eigenvalue weighted by atomic mass is 16.5. The Bertz CT molecular complexity index is 203. The molecular weight excluding hydrogens is 214 g/mol. The first-order chi connectivity index (χ1) is 8.16. The van der Waals surface area contributed by atoms with Crippen molar-refractivity contribution in [1.29, 1.82) is 0 Å². The van der Waals surface area contributed by atoms with E-state index in [2.05, 4.69) is 31.0 Å². The highest BCUT2D eigenvalue weighted by molar-refractivity contribution is 4.93. The molecule has 102 valence electrons. The summed E-state index contributed by atoms with van der Waals surface area (Å²) in [5.41, 5.74) is 5.97. The Hall–Kier alpha value is -0.160. The van der Waals surface area contributed by atoms with E-state index < -0.39 is 0 Å². The van der Waals surface area contributed by atoms with Gasteiger partial charge in [-0.25, -0.2) is 0 Å². The minimum absolute atomic E-state index is 0.0314. The van der Waals surface area contributed by atoms with Gasteiger partial charge < -0.3 is 20.7 Å². The van der Waals surface area contributed by atoms with E-state index in [0.29, 0.717) is 12.5 Å². The van der Waals surface area contributed by atoms with Gasteiger partial charge in [-0.2, -0.15) is 0 Å². The lowest BCUT2D eigenvalue weighted by Crippen LogP contribution is -2.56. The fraction of sp³-hybridized carbons (Fsp3) is 1.00. The van der Waals surface area contributed by atoms with Crippen molar-refractivity contribution in [3.8, 4) is 0 Å². The summed E-state index contributed by atoms with van der Waals surface area (Å²) in [5.74, 6) is 0.559. The summed E-state index contributed by atoms with van der Waals surface area (Å²) in [6.45, 7) is 13.4. The highest BCUT2D eigenvalue weighted by Gasteiger charge is 2.34. The van der Waals surface area contributed by atoms with Crippen LogP contribution in [0, 0.1) is 5.92 Å². The molecule has 0 aromatic rings. The molecule has 0 amide bonds. The number of nitrogens with two attached hydrogens (primary N) is 1. The molecule has 2 unspecified atom stereocenters. The van der Waals surface area contributed by atoms with Crippen molar-refractivity contribution in [3.05, 3.63) is 0 Å². The summed E-state index contributed by atoms with van der Waals surface area (Å²) in [5, 5.41) is 3.64. The van der Waals surface area contributed by atoms with Gasteiger partial charge in [0.1, 0.15) is 0 Å². The lowest BCUT2D eigenvalue weighted by molar-refractivity contribution is 0.152. The van der Waals surface area contributed by atoms with E-state index >= 15 is 0 Å². The van der Waals surface area contributed by atoms with Crippen LogP contribution in [-0.2, 0) is 4.74 Å². The van der Waals surface area contributed by atoms with E-state index in [4.69, 9.17) is 10.5 Å². The third-order valence-corrected chi connectivity index (χ3v) is 4.11. The summed E-state index contributed by atoms with van der Waals surface area (Å²) >= 11 is 0. The monoisotopic (exact) mass is 243 g/mol. The van der Waals surface area contributed by atoms with Gasteiger partial charge in [0.15, 0.2) is 0 Å². The van der Waals surface area contributed by atoms with Crippen LogP contribution in [0.2, 0.25) is 0 Å². The van der Waals surface area contributed by atoms with Gasteiger partial charge in [0, 0.05) is 37.7 Å². The number of likely N-dealkylation sites (N-methyl/N-ethyl adjacent to an activating group) is 1. The van der Waals surface area contributed by atoms with Crippen LogP contribution in [-0.4, -0.2) is 56.4 Å². The van der Waals surface area contributed by atoms with Crippen LogP contribution in [0.1, 0.15) is 27.2 Å². The van der Waals surface area contributed by atoms with Gasteiger partial charge in [0.05, 0.1) is 6.61 Å². The van der Waals surface area contributed by atoms with Crippen LogP contribution < -0.4 is 11.1 Å². The number of nitrogens with one attached hydrogen (secondary N) is 1. The van der Waals surface area contributed by atoms with Crippen molar-refractivity contribution in [2.75, 3.05) is 45.9 Å². The normalized spacial score (nSPS) is 24.2. The fourth-order valence-corrected chi connectivity index (χ4v) is 2.46. The second-order valence-corrected chi connectivity index (χ2v) is 5.14. The molecule has 0 bridgehead atoms. The predicted octanol–water partition coefficient (Wildman–Crippen LogP) is 0.672. The van der Waals surface area contributed by atoms with E-state index in [1.807, 2.05) is 0 Å². The summed E-state index contributed by atoms with van der Waals surface area (Å²) in [6, 6.07) is 0. The first-order valence-electron chi connectivity index (χ1n) is 6.91. The van der Waals surface area contributed by atoms with Crippen molar-refractivity contribution in [2.24, 2.45) is 11.7 Å². The van der Waals surface area contributed by atoms with E-state index in [-0.39, 0.29) is 5.54 Å². The molecule has 3 N–H and O–H groups in total. The molecule has 0 aliphatic carbocycles. The molecular formula is C13H29N3O. The summed E-state index contributed by atoms with van der Waals surface area (Å²) < 4.78 is 5.47. The lowest BCUT2D eigenvalue weighted by atomic mass is 9.85. The zero-order valence-corrected chi connectivity index (χ0v) is 11.7. The molecule has 0 aromatic heterocycles. The van der Waals surface area contributed by atoms with Crippen molar-refractivity contribution < 1.29 is 4.74 Å². The van der Waals surface area contributed by atoms with Gasteiger partial charge >= 0.3 is 0 Å². The van der Waals surface area contributed by atoms with E-state index in [1.165, 1.54) is 0 Å². The third-order valence-electron chi connectivity index (χ3n) is 4.11. The lowest BCUT2D eigenvalue weighted by Gasteiger charge is -2.35. The topological polar surface area (TPSA) is 50.5 Å². The van der Waals surface area contributed by atoms with Crippen LogP contribution >= 0.6 is 0 Å². The molecule has 2 atom stereocenters. The van der Waals surface area contributed by atoms with Crippen LogP contribution in [0.4, 0.5) is 0 Å². The average molecular weight is 243 g/mol. The SMILES string of the molecule is CCN(CC)CCNC(C)(CN)C1CCOC1. The van der Waals surface area contributed by atoms with Crippen LogP contribution in [0.25, 0.3) is 0 Å². The summed E-state index contributed by atoms with van der Waals surface area (Å²) in [6.07, 6.45) is 1.13. The minimum atomic E-state index is 0.0314. The highest BCUT2D eigenvalue weighted by Crippen LogP contribution is 2.24. The maximum absolute atomic E-state index is 5.94. The van der Waals surface area contributed by atoms with Gasteiger partial charge in [-0.1, -0.05) is 13.8 Å². The van der Waals surface area contributed by atoms with E-state index in [0.717, 1.165) is 45.8 Å². The van der Waals surface area contributed by atoms with Crippen LogP contribution in [0.5, 0.6) is 0 Å². The smallest absolute Gasteiger partial charge is 0.0513 e. The van der Waals surface area contributed by atoms with Crippen LogP contribution in [0.3, 0.4) is 0 Å². The molecule has 1 rings (SSSR count). The molecule has 1 saturated heterocycles. The molecule has 1 aliphatic rings. The Morgan fingerprint density at radius 1 is 1.41 bits per heavy atom. The number of hydrogen-bond acceptors (Lipinski definition) is 4. The molecule has 0 spiro atoms. The van der Waals surface area contributed by atoms with Gasteiger partial charge in [0.2, 0.25) is 0 Å². The first-order valence-corrected chi connectivity index (χ1v) is 6.91. The van der Waals surface area contributed by atoms with Crippen molar-refractivity contribution in [3.63, 3.8) is 0 Å². The Morgan fingerprint density at radius 2 is 2.12 bits per heavy atom. The largest absolute Gasteiger partial charge is 0.381 e. The maximum Gasteiger partial charge on any atom is 0.0513 e. The standard InChI is InChI=1S/C13H29N3O/c1-4-16(5-2)8-7-15-13(3,11-14)12-6-9-17-10-12/h12,15H,4-11,14H2,1-3H3. The average Bonchev–Trinajstić information content (AvgIpc) is 2.89. The van der Waals surface area contributed by atoms with E-state index in [1.54, 1.807) is 0 Å². The molecule has 0 aromatic carbocycles. The Balaban J connectivity index is 2.35. The summed E-state index contributed by atoms with van der Waals surface area (Å²) in [7, 11) is 0. The van der Waals surface area contributed by atoms with Crippen molar-refractivity contribution in [1.82, 2.24) is 10.2 Å². The van der Waals surface area contributed by atoms with Crippen molar-refractivity contribution in [2.45, 2.75) is 32.7 Å². The second kappa shape index (κ2) is 7.31. The zero-order chi connectivity index (χ0) is 12.7. The quantitative estimate of drug-likeness (QED) is 0.658. The molecule has 0 saturated carbocycles. The second-order valence-electron chi connectivity index (χ2n) is 5.14. The van der Waals surface area contributed by atoms with Crippen LogP contribution in [0.15, 0.2) is 0 Å². The van der Waals surface area contributed by atoms with Gasteiger partial charge in [-0.15, -0.1) is 0 Å². The number of rotatable bonds is 8. The number of hydrogen-bond donors (Lipinski definition) is 2. The molecule has 17 heavy (non-hydrogen) atoms. The molecule has 1 fully saturated rings. The third kappa shape index (κ3) is 4.21. The van der Waals surface area contributed by atoms with Crippen molar-refractivity contribution >= 4 is 0 Å². The molecule has 4 heteroatoms. The Kier molecular flexibility index (Phi) is 6.41. The first kappa shape index (κ1) is 14.9. The maximum atomic E-state index is 5.94. The van der Waals surface area contributed by atoms with Gasteiger partial charge in [0.25, 0.3) is 0 Å². The minimum Gasteiger partial charge on any atom is -0.381 e. The van der Waals surface area contributed by atoms with Gasteiger partial charge in [-0.3, -0.25) is 0 Å². The Morgan fingerprint density at radius 3 is 2.59 bits per heavy atom. The number of ether oxygens (including phenoxy) is 1. The van der Waals surface area contributed by atoms with Gasteiger partial charge in [-0.05, 0) is 26.4 Å². The molecule has 0 radical (unpaired) electrons. The Labute approximate surface area is 106 Å². The molecule has 1 aliphatic heterocycles. The number of nitrogens with zero attached hydrogens (tertiary/aromatic N) is 1.